The summed E-state index contributed by atoms with van der Waals surface area (Å²) in [6.45, 7) is 2.30. The van der Waals surface area contributed by atoms with Gasteiger partial charge in [-0.15, -0.1) is 11.3 Å². The Morgan fingerprint density at radius 2 is 2.05 bits per heavy atom. The number of carbonyl (C=O) groups is 1. The highest BCUT2D eigenvalue weighted by Gasteiger charge is 2.13. The van der Waals surface area contributed by atoms with Gasteiger partial charge in [-0.2, -0.15) is 0 Å². The van der Waals surface area contributed by atoms with Crippen LogP contribution < -0.4 is 10.6 Å². The van der Waals surface area contributed by atoms with Crippen LogP contribution in [0.2, 0.25) is 0 Å². The second kappa shape index (κ2) is 6.31. The number of rotatable bonds is 4. The number of fused-ring (bicyclic) bond motifs is 1. The summed E-state index contributed by atoms with van der Waals surface area (Å²) < 4.78 is 0. The van der Waals surface area contributed by atoms with Crippen LogP contribution in [-0.2, 0) is 24.2 Å². The van der Waals surface area contributed by atoms with Gasteiger partial charge in [-0.25, -0.2) is 0 Å². The second-order valence-corrected chi connectivity index (χ2v) is 6.44. The van der Waals surface area contributed by atoms with Crippen molar-refractivity contribution in [3.05, 3.63) is 45.6 Å². The summed E-state index contributed by atoms with van der Waals surface area (Å²) >= 11 is 1.67. The number of benzene rings is 1. The average molecular weight is 300 g/mol. The Morgan fingerprint density at radius 1 is 1.19 bits per heavy atom. The van der Waals surface area contributed by atoms with Gasteiger partial charge in [0.1, 0.15) is 0 Å². The summed E-state index contributed by atoms with van der Waals surface area (Å²) in [5.74, 6) is -0.0215. The molecule has 0 bridgehead atoms. The number of anilines is 2. The third-order valence-electron chi connectivity index (χ3n) is 3.89. The lowest BCUT2D eigenvalue weighted by atomic mass is 9.90. The Morgan fingerprint density at radius 3 is 2.90 bits per heavy atom. The number of thiophene rings is 1. The molecule has 110 valence electrons. The van der Waals surface area contributed by atoms with Gasteiger partial charge in [0.25, 0.3) is 0 Å². The van der Waals surface area contributed by atoms with Crippen LogP contribution in [0.3, 0.4) is 0 Å². The van der Waals surface area contributed by atoms with E-state index in [1.807, 2.05) is 11.4 Å². The highest BCUT2D eigenvalue weighted by molar-refractivity contribution is 7.10. The number of hydrogen-bond acceptors (Lipinski definition) is 3. The van der Waals surface area contributed by atoms with Crippen molar-refractivity contribution in [1.82, 2.24) is 0 Å². The standard InChI is InChI=1S/C17H20N2OS/c1-12(20)19-16-9-10-21-17(16)11-18-15-8-4-6-13-5-2-3-7-14(13)15/h4,6,8-10,18H,2-3,5,7,11H2,1H3,(H,19,20). The molecule has 0 atom stereocenters. The molecule has 1 amide bonds. The van der Waals surface area contributed by atoms with Crippen LogP contribution in [0.25, 0.3) is 0 Å². The molecule has 1 aliphatic carbocycles. The Balaban J connectivity index is 1.74. The lowest BCUT2D eigenvalue weighted by Crippen LogP contribution is -2.10. The molecule has 1 heterocycles. The van der Waals surface area contributed by atoms with Gasteiger partial charge in [0.05, 0.1) is 12.2 Å². The number of nitrogens with one attached hydrogen (secondary N) is 2. The van der Waals surface area contributed by atoms with Crippen molar-refractivity contribution in [3.63, 3.8) is 0 Å². The zero-order valence-corrected chi connectivity index (χ0v) is 13.1. The molecule has 2 aromatic rings. The van der Waals surface area contributed by atoms with Crippen molar-refractivity contribution < 1.29 is 4.79 Å². The number of hydrogen-bond donors (Lipinski definition) is 2. The van der Waals surface area contributed by atoms with E-state index in [0.29, 0.717) is 0 Å². The molecule has 0 saturated carbocycles. The molecule has 1 aliphatic rings. The highest BCUT2D eigenvalue weighted by Crippen LogP contribution is 2.29. The van der Waals surface area contributed by atoms with Gasteiger partial charge in [0.15, 0.2) is 0 Å². The van der Waals surface area contributed by atoms with Crippen molar-refractivity contribution in [2.24, 2.45) is 0 Å². The van der Waals surface area contributed by atoms with Crippen LogP contribution in [0, 0.1) is 0 Å². The first-order chi connectivity index (χ1) is 10.2. The summed E-state index contributed by atoms with van der Waals surface area (Å²) in [6.07, 6.45) is 4.94. The van der Waals surface area contributed by atoms with Crippen molar-refractivity contribution in [1.29, 1.82) is 0 Å². The Kier molecular flexibility index (Phi) is 4.25. The molecule has 0 unspecified atom stereocenters. The molecule has 3 nitrogen and oxygen atoms in total. The maximum atomic E-state index is 11.2. The minimum atomic E-state index is -0.0215. The average Bonchev–Trinajstić information content (AvgIpc) is 2.91. The maximum Gasteiger partial charge on any atom is 0.221 e. The van der Waals surface area contributed by atoms with E-state index in [-0.39, 0.29) is 5.91 Å². The normalized spacial score (nSPS) is 13.6. The molecular weight excluding hydrogens is 280 g/mol. The van der Waals surface area contributed by atoms with Gasteiger partial charge < -0.3 is 10.6 Å². The van der Waals surface area contributed by atoms with Crippen LogP contribution in [-0.4, -0.2) is 5.91 Å². The Labute approximate surface area is 129 Å². The lowest BCUT2D eigenvalue weighted by molar-refractivity contribution is -0.114. The number of aryl methyl sites for hydroxylation is 1. The van der Waals surface area contributed by atoms with E-state index in [9.17, 15) is 4.79 Å². The molecule has 3 rings (SSSR count). The molecule has 0 saturated heterocycles. The minimum absolute atomic E-state index is 0.0215. The van der Waals surface area contributed by atoms with Crippen molar-refractivity contribution >= 4 is 28.6 Å². The molecule has 0 fully saturated rings. The van der Waals surface area contributed by atoms with E-state index in [1.54, 1.807) is 18.3 Å². The third-order valence-corrected chi connectivity index (χ3v) is 4.81. The molecule has 0 aliphatic heterocycles. The van der Waals surface area contributed by atoms with E-state index < -0.39 is 0 Å². The van der Waals surface area contributed by atoms with Crippen LogP contribution >= 0.6 is 11.3 Å². The minimum Gasteiger partial charge on any atom is -0.380 e. The molecule has 1 aromatic heterocycles. The maximum absolute atomic E-state index is 11.2. The van der Waals surface area contributed by atoms with Gasteiger partial charge in [-0.3, -0.25) is 4.79 Å². The first-order valence-corrected chi connectivity index (χ1v) is 8.30. The molecule has 1 aromatic carbocycles. The third kappa shape index (κ3) is 3.27. The zero-order valence-electron chi connectivity index (χ0n) is 12.2. The van der Waals surface area contributed by atoms with Crippen LogP contribution in [0.15, 0.2) is 29.6 Å². The monoisotopic (exact) mass is 300 g/mol. The van der Waals surface area contributed by atoms with Crippen LogP contribution in [0.5, 0.6) is 0 Å². The van der Waals surface area contributed by atoms with Gasteiger partial charge in [-0.1, -0.05) is 12.1 Å². The zero-order chi connectivity index (χ0) is 14.7. The molecule has 0 radical (unpaired) electrons. The highest BCUT2D eigenvalue weighted by atomic mass is 32.1. The number of amides is 1. The quantitative estimate of drug-likeness (QED) is 0.888. The number of carbonyl (C=O) groups excluding carboxylic acids is 1. The smallest absolute Gasteiger partial charge is 0.221 e. The largest absolute Gasteiger partial charge is 0.380 e. The Hall–Kier alpha value is -1.81. The molecular formula is C17H20N2OS. The van der Waals surface area contributed by atoms with E-state index in [4.69, 9.17) is 0 Å². The predicted octanol–water partition coefficient (Wildman–Crippen LogP) is 4.20. The van der Waals surface area contributed by atoms with Crippen molar-refractivity contribution in [2.45, 2.75) is 39.2 Å². The molecule has 2 N–H and O–H groups in total. The summed E-state index contributed by atoms with van der Waals surface area (Å²) in [5.41, 5.74) is 5.13. The topological polar surface area (TPSA) is 41.1 Å². The summed E-state index contributed by atoms with van der Waals surface area (Å²) in [6, 6.07) is 8.50. The first-order valence-electron chi connectivity index (χ1n) is 7.42. The van der Waals surface area contributed by atoms with Gasteiger partial charge in [0.2, 0.25) is 5.91 Å². The first kappa shape index (κ1) is 14.1. The van der Waals surface area contributed by atoms with Crippen molar-refractivity contribution in [3.8, 4) is 0 Å². The predicted molar refractivity (Wildman–Crippen MR) is 89.0 cm³/mol. The molecule has 21 heavy (non-hydrogen) atoms. The van der Waals surface area contributed by atoms with Gasteiger partial charge >= 0.3 is 0 Å². The summed E-state index contributed by atoms with van der Waals surface area (Å²) in [7, 11) is 0. The van der Waals surface area contributed by atoms with E-state index in [2.05, 4.69) is 28.8 Å². The Bertz CT molecular complexity index is 648. The van der Waals surface area contributed by atoms with E-state index >= 15 is 0 Å². The fraction of sp³-hybridized carbons (Fsp3) is 0.353. The van der Waals surface area contributed by atoms with E-state index in [1.165, 1.54) is 47.4 Å². The van der Waals surface area contributed by atoms with Crippen LogP contribution in [0.4, 0.5) is 11.4 Å². The van der Waals surface area contributed by atoms with Gasteiger partial charge in [0, 0.05) is 17.5 Å². The summed E-state index contributed by atoms with van der Waals surface area (Å²) in [5, 5.41) is 8.45. The van der Waals surface area contributed by atoms with Crippen molar-refractivity contribution in [2.75, 3.05) is 10.6 Å². The summed E-state index contributed by atoms with van der Waals surface area (Å²) in [4.78, 5) is 12.4. The van der Waals surface area contributed by atoms with Gasteiger partial charge in [-0.05, 0) is 54.3 Å². The second-order valence-electron chi connectivity index (χ2n) is 5.44. The SMILES string of the molecule is CC(=O)Nc1ccsc1CNc1cccc2c1CCCC2. The lowest BCUT2D eigenvalue weighted by Gasteiger charge is -2.20. The van der Waals surface area contributed by atoms with Crippen LogP contribution in [0.1, 0.15) is 35.8 Å². The molecule has 4 heteroatoms. The van der Waals surface area contributed by atoms with E-state index in [0.717, 1.165) is 12.2 Å². The fourth-order valence-electron chi connectivity index (χ4n) is 2.90. The molecule has 0 spiro atoms. The fourth-order valence-corrected chi connectivity index (χ4v) is 3.67.